The Labute approximate surface area is 158 Å². The van der Waals surface area contributed by atoms with Crippen molar-refractivity contribution in [1.29, 1.82) is 0 Å². The van der Waals surface area contributed by atoms with Gasteiger partial charge in [0, 0.05) is 0 Å². The second-order valence-corrected chi connectivity index (χ2v) is 9.55. The molecule has 0 aliphatic carbocycles. The lowest BCUT2D eigenvalue weighted by Gasteiger charge is -2.22. The Hall–Kier alpha value is 0.150. The van der Waals surface area contributed by atoms with Crippen LogP contribution < -0.4 is 0 Å². The molecule has 0 heterocycles. The summed E-state index contributed by atoms with van der Waals surface area (Å²) in [5.41, 5.74) is 0. The molecule has 0 saturated carbocycles. The van der Waals surface area contributed by atoms with Gasteiger partial charge in [-0.1, -0.05) is 91.4 Å². The van der Waals surface area contributed by atoms with E-state index in [9.17, 15) is 4.57 Å². The molecule has 0 aromatic heterocycles. The van der Waals surface area contributed by atoms with Crippen LogP contribution in [-0.2, 0) is 13.6 Å². The largest absolute Gasteiger partial charge is 0.330 e. The summed E-state index contributed by atoms with van der Waals surface area (Å²) in [6.45, 7) is 9.21. The Kier molecular flexibility index (Phi) is 17.7. The van der Waals surface area contributed by atoms with Crippen molar-refractivity contribution in [1.82, 2.24) is 0 Å². The molecule has 0 spiro atoms. The highest BCUT2D eigenvalue weighted by atomic mass is 31.2. The average molecular weight is 377 g/mol. The van der Waals surface area contributed by atoms with Gasteiger partial charge in [-0.25, -0.2) is 0 Å². The predicted octanol–water partition coefficient (Wildman–Crippen LogP) is 8.12. The van der Waals surface area contributed by atoms with Crippen LogP contribution in [0, 0.1) is 0 Å². The third kappa shape index (κ3) is 16.1. The fraction of sp³-hybridized carbons (Fsp3) is 1.00. The van der Waals surface area contributed by atoms with E-state index in [1.165, 1.54) is 57.8 Å². The molecule has 2 atom stereocenters. The highest BCUT2D eigenvalue weighted by Gasteiger charge is 2.26. The normalized spacial score (nSPS) is 15.2. The molecule has 0 bridgehead atoms. The lowest BCUT2D eigenvalue weighted by Crippen LogP contribution is -2.10. The molecule has 0 amide bonds. The van der Waals surface area contributed by atoms with E-state index in [4.69, 9.17) is 9.05 Å². The fourth-order valence-corrected chi connectivity index (χ4v) is 5.01. The molecule has 25 heavy (non-hydrogen) atoms. The van der Waals surface area contributed by atoms with Gasteiger partial charge in [0.05, 0.1) is 18.9 Å². The zero-order valence-corrected chi connectivity index (χ0v) is 18.5. The van der Waals surface area contributed by atoms with Crippen LogP contribution in [0.1, 0.15) is 118 Å². The Morgan fingerprint density at radius 1 is 0.720 bits per heavy atom. The molecule has 0 saturated heterocycles. The molecule has 0 aliphatic heterocycles. The maximum absolute atomic E-state index is 13.0. The van der Waals surface area contributed by atoms with E-state index < -0.39 is 7.60 Å². The minimum Gasteiger partial charge on any atom is -0.309 e. The maximum atomic E-state index is 13.0. The van der Waals surface area contributed by atoms with Crippen molar-refractivity contribution >= 4 is 7.60 Å². The third-order valence-electron chi connectivity index (χ3n) is 4.63. The molecule has 2 unspecified atom stereocenters. The Morgan fingerprint density at radius 2 is 1.24 bits per heavy atom. The van der Waals surface area contributed by atoms with Crippen LogP contribution in [0.5, 0.6) is 0 Å². The van der Waals surface area contributed by atoms with Crippen LogP contribution in [-0.4, -0.2) is 18.9 Å². The molecule has 3 nitrogen and oxygen atoms in total. The van der Waals surface area contributed by atoms with Gasteiger partial charge in [-0.15, -0.1) is 0 Å². The lowest BCUT2D eigenvalue weighted by molar-refractivity contribution is 0.147. The van der Waals surface area contributed by atoms with Crippen LogP contribution in [0.15, 0.2) is 0 Å². The second-order valence-electron chi connectivity index (χ2n) is 7.41. The first-order chi connectivity index (χ1) is 12.1. The summed E-state index contributed by atoms with van der Waals surface area (Å²) in [6, 6.07) is 0. The maximum Gasteiger partial charge on any atom is 0.330 e. The van der Waals surface area contributed by atoms with E-state index in [0.29, 0.717) is 12.8 Å². The van der Waals surface area contributed by atoms with Crippen molar-refractivity contribution < 1.29 is 13.6 Å². The molecule has 0 rings (SSSR count). The molecule has 0 radical (unpaired) electrons. The minimum atomic E-state index is -2.91. The van der Waals surface area contributed by atoms with Crippen LogP contribution in [0.4, 0.5) is 0 Å². The van der Waals surface area contributed by atoms with Gasteiger partial charge in [-0.2, -0.15) is 0 Å². The zero-order valence-electron chi connectivity index (χ0n) is 17.6. The molecule has 0 fully saturated rings. The van der Waals surface area contributed by atoms with Gasteiger partial charge in [0.1, 0.15) is 0 Å². The highest BCUT2D eigenvalue weighted by molar-refractivity contribution is 7.53. The molecule has 0 aromatic carbocycles. The van der Waals surface area contributed by atoms with Crippen LogP contribution in [0.2, 0.25) is 0 Å². The highest BCUT2D eigenvalue weighted by Crippen LogP contribution is 2.50. The van der Waals surface area contributed by atoms with Gasteiger partial charge < -0.3 is 9.05 Å². The fourth-order valence-electron chi connectivity index (χ4n) is 2.95. The van der Waals surface area contributed by atoms with Gasteiger partial charge in [0.25, 0.3) is 0 Å². The quantitative estimate of drug-likeness (QED) is 0.169. The van der Waals surface area contributed by atoms with Gasteiger partial charge in [0.15, 0.2) is 0 Å². The van der Waals surface area contributed by atoms with Gasteiger partial charge in [-0.05, 0) is 26.2 Å². The first-order valence-electron chi connectivity index (χ1n) is 11.0. The number of rotatable bonds is 19. The minimum absolute atomic E-state index is 0.0357. The van der Waals surface area contributed by atoms with E-state index >= 15 is 0 Å². The summed E-state index contributed by atoms with van der Waals surface area (Å²) in [4.78, 5) is 0. The van der Waals surface area contributed by atoms with Crippen LogP contribution in [0.25, 0.3) is 0 Å². The molecular weight excluding hydrogens is 331 g/mol. The standard InChI is InChI=1S/C21H45O3P/c1-5-8-11-13-14-15-17-19-23-25(22,20-10-7-3)24-21(4)18-16-12-9-6-2/h21H,5-20H2,1-4H3. The van der Waals surface area contributed by atoms with E-state index in [1.807, 2.05) is 6.92 Å². The van der Waals surface area contributed by atoms with Crippen LogP contribution >= 0.6 is 7.60 Å². The third-order valence-corrected chi connectivity index (χ3v) is 6.75. The number of unbranched alkanes of at least 4 members (excludes halogenated alkanes) is 10. The van der Waals surface area contributed by atoms with Crippen LogP contribution in [0.3, 0.4) is 0 Å². The molecule has 0 aromatic rings. The smallest absolute Gasteiger partial charge is 0.309 e. The Balaban J connectivity index is 4.03. The van der Waals surface area contributed by atoms with Crippen molar-refractivity contribution in [2.24, 2.45) is 0 Å². The van der Waals surface area contributed by atoms with Crippen molar-refractivity contribution in [3.63, 3.8) is 0 Å². The summed E-state index contributed by atoms with van der Waals surface area (Å²) in [7, 11) is -2.91. The predicted molar refractivity (Wildman–Crippen MR) is 111 cm³/mol. The Morgan fingerprint density at radius 3 is 1.84 bits per heavy atom. The van der Waals surface area contributed by atoms with Crippen molar-refractivity contribution in [2.75, 3.05) is 12.8 Å². The molecule has 152 valence electrons. The van der Waals surface area contributed by atoms with Crippen molar-refractivity contribution in [3.05, 3.63) is 0 Å². The number of hydrogen-bond acceptors (Lipinski definition) is 3. The molecule has 0 aliphatic rings. The van der Waals surface area contributed by atoms with E-state index in [1.54, 1.807) is 0 Å². The monoisotopic (exact) mass is 376 g/mol. The summed E-state index contributed by atoms with van der Waals surface area (Å²) in [5.74, 6) is 0. The van der Waals surface area contributed by atoms with E-state index in [-0.39, 0.29) is 6.10 Å². The lowest BCUT2D eigenvalue weighted by atomic mass is 10.1. The summed E-state index contributed by atoms with van der Waals surface area (Å²) >= 11 is 0. The van der Waals surface area contributed by atoms with Gasteiger partial charge in [-0.3, -0.25) is 4.57 Å². The topological polar surface area (TPSA) is 35.5 Å². The first-order valence-corrected chi connectivity index (χ1v) is 12.7. The van der Waals surface area contributed by atoms with E-state index in [0.717, 1.165) is 32.1 Å². The first kappa shape index (κ1) is 25.1. The zero-order chi connectivity index (χ0) is 18.8. The number of hydrogen-bond donors (Lipinski definition) is 0. The second kappa shape index (κ2) is 17.6. The summed E-state index contributed by atoms with van der Waals surface area (Å²) in [6.07, 6.45) is 17.1. The van der Waals surface area contributed by atoms with Gasteiger partial charge in [0.2, 0.25) is 0 Å². The van der Waals surface area contributed by atoms with Crippen molar-refractivity contribution in [3.8, 4) is 0 Å². The SMILES string of the molecule is CCCCCCCCCOP(=O)(CCCC)OC(C)CCCCCC. The summed E-state index contributed by atoms with van der Waals surface area (Å²) < 4.78 is 24.7. The average Bonchev–Trinajstić information content (AvgIpc) is 2.59. The van der Waals surface area contributed by atoms with Gasteiger partial charge >= 0.3 is 7.60 Å². The molecule has 4 heteroatoms. The molecular formula is C21H45O3P. The molecule has 0 N–H and O–H groups in total. The summed E-state index contributed by atoms with van der Waals surface area (Å²) in [5, 5.41) is 0. The van der Waals surface area contributed by atoms with Crippen molar-refractivity contribution in [2.45, 2.75) is 124 Å². The Bertz CT molecular complexity index is 320. The van der Waals surface area contributed by atoms with E-state index in [2.05, 4.69) is 20.8 Å².